The van der Waals surface area contributed by atoms with Crippen molar-refractivity contribution < 1.29 is 14.3 Å². The van der Waals surface area contributed by atoms with E-state index in [4.69, 9.17) is 5.26 Å². The van der Waals surface area contributed by atoms with Crippen LogP contribution in [0.15, 0.2) is 30.5 Å². The van der Waals surface area contributed by atoms with Gasteiger partial charge in [-0.3, -0.25) is 4.79 Å². The van der Waals surface area contributed by atoms with E-state index in [2.05, 4.69) is 26.1 Å². The molecule has 0 spiro atoms. The highest BCUT2D eigenvalue weighted by atomic mass is 16.5. The number of hydrogen-bond acceptors (Lipinski definition) is 5. The number of carbonyl (C=O) groups excluding carboxylic acids is 2. The predicted molar refractivity (Wildman–Crippen MR) is 107 cm³/mol. The lowest BCUT2D eigenvalue weighted by Crippen LogP contribution is -2.51. The van der Waals surface area contributed by atoms with Gasteiger partial charge in [0.2, 0.25) is 5.91 Å². The molecule has 29 heavy (non-hydrogen) atoms. The van der Waals surface area contributed by atoms with E-state index in [1.165, 1.54) is 7.11 Å². The first-order valence-corrected chi connectivity index (χ1v) is 9.65. The van der Waals surface area contributed by atoms with Crippen LogP contribution in [0.5, 0.6) is 0 Å². The lowest BCUT2D eigenvalue weighted by atomic mass is 10.0. The van der Waals surface area contributed by atoms with Gasteiger partial charge in [0.05, 0.1) is 36.7 Å². The molecule has 1 aromatic carbocycles. The first-order valence-electron chi connectivity index (χ1n) is 9.65. The Balaban J connectivity index is 1.79. The van der Waals surface area contributed by atoms with E-state index in [1.807, 2.05) is 26.0 Å². The second-order valence-electron chi connectivity index (χ2n) is 7.42. The van der Waals surface area contributed by atoms with E-state index < -0.39 is 12.1 Å². The molecule has 2 unspecified atom stereocenters. The molecule has 0 aliphatic carbocycles. The number of imidazole rings is 1. The van der Waals surface area contributed by atoms with Gasteiger partial charge in [-0.05, 0) is 36.5 Å². The third kappa shape index (κ3) is 4.40. The fraction of sp³-hybridized carbons (Fsp3) is 0.429. The van der Waals surface area contributed by atoms with Crippen molar-refractivity contribution >= 4 is 12.0 Å². The van der Waals surface area contributed by atoms with Crippen LogP contribution in [0, 0.1) is 17.2 Å². The number of amides is 2. The SMILES string of the molecule is COC(=O)NC(C(=O)N1CCCC1c1ncc(-c2ccc(C#N)cc2)[nH]1)C(C)C. The molecule has 1 aliphatic rings. The molecule has 8 heteroatoms. The lowest BCUT2D eigenvalue weighted by molar-refractivity contribution is -0.135. The summed E-state index contributed by atoms with van der Waals surface area (Å²) in [6.45, 7) is 4.39. The summed E-state index contributed by atoms with van der Waals surface area (Å²) >= 11 is 0. The van der Waals surface area contributed by atoms with Crippen molar-refractivity contribution in [3.05, 3.63) is 41.9 Å². The summed E-state index contributed by atoms with van der Waals surface area (Å²) in [5.41, 5.74) is 2.35. The molecule has 152 valence electrons. The van der Waals surface area contributed by atoms with Gasteiger partial charge in [0, 0.05) is 6.54 Å². The lowest BCUT2D eigenvalue weighted by Gasteiger charge is -2.30. The number of nitrogens with one attached hydrogen (secondary N) is 2. The number of alkyl carbamates (subject to hydrolysis) is 1. The Labute approximate surface area is 169 Å². The van der Waals surface area contributed by atoms with Crippen molar-refractivity contribution in [2.24, 2.45) is 5.92 Å². The zero-order valence-electron chi connectivity index (χ0n) is 16.8. The van der Waals surface area contributed by atoms with E-state index in [0.717, 1.165) is 29.9 Å². The summed E-state index contributed by atoms with van der Waals surface area (Å²) in [6.07, 6.45) is 2.79. The third-order valence-electron chi connectivity index (χ3n) is 5.16. The first kappa shape index (κ1) is 20.4. The van der Waals surface area contributed by atoms with Crippen molar-refractivity contribution in [1.82, 2.24) is 20.2 Å². The average molecular weight is 395 g/mol. The van der Waals surface area contributed by atoms with E-state index in [1.54, 1.807) is 23.2 Å². The van der Waals surface area contributed by atoms with E-state index in [9.17, 15) is 9.59 Å². The summed E-state index contributed by atoms with van der Waals surface area (Å²) < 4.78 is 4.66. The van der Waals surface area contributed by atoms with Crippen LogP contribution in [-0.4, -0.2) is 46.6 Å². The van der Waals surface area contributed by atoms with Crippen LogP contribution in [0.1, 0.15) is 44.1 Å². The zero-order chi connectivity index (χ0) is 21.0. The van der Waals surface area contributed by atoms with Gasteiger partial charge in [-0.2, -0.15) is 5.26 Å². The number of hydrogen-bond donors (Lipinski definition) is 2. The summed E-state index contributed by atoms with van der Waals surface area (Å²) in [6, 6.07) is 8.52. The molecule has 3 rings (SSSR count). The third-order valence-corrected chi connectivity index (χ3v) is 5.16. The topological polar surface area (TPSA) is 111 Å². The summed E-state index contributed by atoms with van der Waals surface area (Å²) in [5.74, 6) is 0.508. The van der Waals surface area contributed by atoms with E-state index in [0.29, 0.717) is 12.1 Å². The maximum Gasteiger partial charge on any atom is 0.407 e. The Morgan fingerprint density at radius 2 is 2.07 bits per heavy atom. The molecule has 1 aromatic heterocycles. The number of carbonyl (C=O) groups is 2. The van der Waals surface area contributed by atoms with Gasteiger partial charge in [-0.1, -0.05) is 26.0 Å². The number of benzene rings is 1. The maximum atomic E-state index is 13.2. The molecule has 1 aliphatic heterocycles. The van der Waals surface area contributed by atoms with Gasteiger partial charge >= 0.3 is 6.09 Å². The normalized spacial score (nSPS) is 17.1. The molecule has 2 atom stereocenters. The highest BCUT2D eigenvalue weighted by Gasteiger charge is 2.37. The van der Waals surface area contributed by atoms with Gasteiger partial charge in [0.15, 0.2) is 0 Å². The Hall–Kier alpha value is -3.34. The molecular weight excluding hydrogens is 370 g/mol. The zero-order valence-corrected chi connectivity index (χ0v) is 16.8. The maximum absolute atomic E-state index is 13.2. The largest absolute Gasteiger partial charge is 0.453 e. The second-order valence-corrected chi connectivity index (χ2v) is 7.42. The molecule has 1 fully saturated rings. The monoisotopic (exact) mass is 395 g/mol. The number of nitriles is 1. The standard InChI is InChI=1S/C21H25N5O3/c1-13(2)18(25-21(28)29-3)20(27)26-10-4-5-17(26)19-23-12-16(24-19)15-8-6-14(11-22)7-9-15/h6-9,12-13,17-18H,4-5,10H2,1-3H3,(H,23,24)(H,25,28). The molecule has 2 heterocycles. The number of rotatable bonds is 5. The highest BCUT2D eigenvalue weighted by molar-refractivity contribution is 5.86. The Morgan fingerprint density at radius 3 is 2.69 bits per heavy atom. The number of H-pyrrole nitrogens is 1. The minimum Gasteiger partial charge on any atom is -0.453 e. The van der Waals surface area contributed by atoms with Crippen LogP contribution in [0.4, 0.5) is 4.79 Å². The van der Waals surface area contributed by atoms with Crippen LogP contribution in [0.25, 0.3) is 11.3 Å². The summed E-state index contributed by atoms with van der Waals surface area (Å²) in [4.78, 5) is 34.4. The first-order chi connectivity index (χ1) is 13.9. The fourth-order valence-corrected chi connectivity index (χ4v) is 3.57. The van der Waals surface area contributed by atoms with Gasteiger partial charge in [-0.15, -0.1) is 0 Å². The number of methoxy groups -OCH3 is 1. The molecule has 2 aromatic rings. The van der Waals surface area contributed by atoms with Crippen molar-refractivity contribution in [1.29, 1.82) is 5.26 Å². The minimum atomic E-state index is -0.656. The molecule has 0 saturated carbocycles. The van der Waals surface area contributed by atoms with Crippen molar-refractivity contribution in [2.45, 2.75) is 38.8 Å². The molecule has 0 radical (unpaired) electrons. The van der Waals surface area contributed by atoms with Gasteiger partial charge in [-0.25, -0.2) is 9.78 Å². The van der Waals surface area contributed by atoms with E-state index >= 15 is 0 Å². The Kier molecular flexibility index (Phi) is 6.17. The van der Waals surface area contributed by atoms with Crippen molar-refractivity contribution in [3.63, 3.8) is 0 Å². The Morgan fingerprint density at radius 1 is 1.34 bits per heavy atom. The van der Waals surface area contributed by atoms with Gasteiger partial charge < -0.3 is 19.9 Å². The second kappa shape index (κ2) is 8.78. The average Bonchev–Trinajstić information content (AvgIpc) is 3.40. The quantitative estimate of drug-likeness (QED) is 0.808. The summed E-state index contributed by atoms with van der Waals surface area (Å²) in [5, 5.41) is 11.6. The number of aromatic nitrogens is 2. The Bertz CT molecular complexity index is 913. The predicted octanol–water partition coefficient (Wildman–Crippen LogP) is 2.99. The molecule has 0 bridgehead atoms. The van der Waals surface area contributed by atoms with Crippen LogP contribution >= 0.6 is 0 Å². The number of aromatic amines is 1. The highest BCUT2D eigenvalue weighted by Crippen LogP contribution is 2.32. The van der Waals surface area contributed by atoms with Crippen molar-refractivity contribution in [3.8, 4) is 17.3 Å². The smallest absolute Gasteiger partial charge is 0.407 e. The fourth-order valence-electron chi connectivity index (χ4n) is 3.57. The van der Waals surface area contributed by atoms with Gasteiger partial charge in [0.1, 0.15) is 11.9 Å². The molecule has 2 N–H and O–H groups in total. The number of ether oxygens (including phenoxy) is 1. The van der Waals surface area contributed by atoms with Crippen molar-refractivity contribution in [2.75, 3.05) is 13.7 Å². The molecule has 2 amide bonds. The molecule has 8 nitrogen and oxygen atoms in total. The van der Waals surface area contributed by atoms with Crippen LogP contribution in [-0.2, 0) is 9.53 Å². The van der Waals surface area contributed by atoms with Gasteiger partial charge in [0.25, 0.3) is 0 Å². The molecular formula is C21H25N5O3. The van der Waals surface area contributed by atoms with Crippen LogP contribution < -0.4 is 5.32 Å². The molecule has 1 saturated heterocycles. The van der Waals surface area contributed by atoms with Crippen LogP contribution in [0.3, 0.4) is 0 Å². The number of likely N-dealkylation sites (tertiary alicyclic amines) is 1. The van der Waals surface area contributed by atoms with E-state index in [-0.39, 0.29) is 17.9 Å². The van der Waals surface area contributed by atoms with Crippen LogP contribution in [0.2, 0.25) is 0 Å². The summed E-state index contributed by atoms with van der Waals surface area (Å²) in [7, 11) is 1.28. The number of nitrogens with zero attached hydrogens (tertiary/aromatic N) is 3. The minimum absolute atomic E-state index is 0.0753.